The van der Waals surface area contributed by atoms with E-state index in [2.05, 4.69) is 107 Å². The summed E-state index contributed by atoms with van der Waals surface area (Å²) in [6.07, 6.45) is 5.54. The van der Waals surface area contributed by atoms with Gasteiger partial charge in [-0.1, -0.05) is 103 Å². The Morgan fingerprint density at radius 2 is 1.30 bits per heavy atom. The summed E-state index contributed by atoms with van der Waals surface area (Å²) in [5, 5.41) is 7.14. The van der Waals surface area contributed by atoms with Gasteiger partial charge in [-0.2, -0.15) is 0 Å². The van der Waals surface area contributed by atoms with Crippen LogP contribution < -0.4 is 10.6 Å². The molecule has 2 N–H and O–H groups in total. The predicted octanol–water partition coefficient (Wildman–Crippen LogP) is 8.53. The van der Waals surface area contributed by atoms with Crippen molar-refractivity contribution in [1.29, 1.82) is 0 Å². The molecule has 0 bridgehead atoms. The summed E-state index contributed by atoms with van der Waals surface area (Å²) < 4.78 is 5.81. The van der Waals surface area contributed by atoms with Crippen molar-refractivity contribution in [2.45, 2.75) is 115 Å². The van der Waals surface area contributed by atoms with Crippen molar-refractivity contribution in [1.82, 2.24) is 10.6 Å². The van der Waals surface area contributed by atoms with Gasteiger partial charge in [-0.05, 0) is 47.3 Å². The first-order valence-corrected chi connectivity index (χ1v) is 13.3. The summed E-state index contributed by atoms with van der Waals surface area (Å²) in [4.78, 5) is 0. The zero-order valence-corrected chi connectivity index (χ0v) is 24.6. The van der Waals surface area contributed by atoms with Crippen LogP contribution in [0.5, 0.6) is 0 Å². The van der Waals surface area contributed by atoms with E-state index in [1.165, 1.54) is 5.70 Å². The van der Waals surface area contributed by atoms with Gasteiger partial charge in [0.25, 0.3) is 0 Å². The summed E-state index contributed by atoms with van der Waals surface area (Å²) in [5.41, 5.74) is 2.75. The largest absolute Gasteiger partial charge is 0.389 e. The van der Waals surface area contributed by atoms with Gasteiger partial charge >= 0.3 is 0 Å². The van der Waals surface area contributed by atoms with E-state index in [1.807, 2.05) is 0 Å². The summed E-state index contributed by atoms with van der Waals surface area (Å²) in [6.45, 7) is 39.5. The lowest BCUT2D eigenvalue weighted by molar-refractivity contribution is 0.000790. The molecule has 0 fully saturated rings. The van der Waals surface area contributed by atoms with Gasteiger partial charge in [0.1, 0.15) is 6.73 Å². The van der Waals surface area contributed by atoms with Gasteiger partial charge in [-0.25, -0.2) is 0 Å². The van der Waals surface area contributed by atoms with E-state index in [9.17, 15) is 0 Å². The molecular weight excluding hydrogens is 404 g/mol. The molecule has 196 valence electrons. The highest BCUT2D eigenvalue weighted by atomic mass is 16.5. The summed E-state index contributed by atoms with van der Waals surface area (Å²) >= 11 is 0. The number of ether oxygens (including phenoxy) is 1. The molecule has 3 heteroatoms. The van der Waals surface area contributed by atoms with Gasteiger partial charge in [0.15, 0.2) is 0 Å². The van der Waals surface area contributed by atoms with Crippen molar-refractivity contribution in [2.24, 2.45) is 33.5 Å². The highest BCUT2D eigenvalue weighted by molar-refractivity contribution is 5.11. The predicted molar refractivity (Wildman–Crippen MR) is 148 cm³/mol. The zero-order valence-electron chi connectivity index (χ0n) is 24.6. The third kappa shape index (κ3) is 10.9. The fraction of sp³-hybridized carbons (Fsp3) is 0.867. The molecule has 0 aliphatic carbocycles. The minimum absolute atomic E-state index is 0.0301. The van der Waals surface area contributed by atoms with Crippen molar-refractivity contribution >= 4 is 0 Å². The Hall–Kier alpha value is -0.960. The van der Waals surface area contributed by atoms with Crippen LogP contribution in [0.4, 0.5) is 0 Å². The average Bonchev–Trinajstić information content (AvgIpc) is 2.66. The van der Waals surface area contributed by atoms with E-state index in [1.54, 1.807) is 0 Å². The molecule has 3 nitrogen and oxygen atoms in total. The molecule has 0 aliphatic heterocycles. The number of rotatable bonds is 16. The van der Waals surface area contributed by atoms with E-state index >= 15 is 0 Å². The molecule has 0 rings (SSSR count). The van der Waals surface area contributed by atoms with E-state index in [-0.39, 0.29) is 21.7 Å². The van der Waals surface area contributed by atoms with Crippen LogP contribution in [-0.2, 0) is 4.74 Å². The highest BCUT2D eigenvalue weighted by Gasteiger charge is 2.47. The third-order valence-electron chi connectivity index (χ3n) is 7.68. The maximum atomic E-state index is 5.81. The van der Waals surface area contributed by atoms with Gasteiger partial charge in [0.05, 0.1) is 0 Å². The molecule has 2 unspecified atom stereocenters. The fourth-order valence-corrected chi connectivity index (χ4v) is 4.62. The second-order valence-electron chi connectivity index (χ2n) is 13.6. The Morgan fingerprint density at radius 1 is 0.758 bits per heavy atom. The zero-order chi connectivity index (χ0) is 26.1. The minimum Gasteiger partial charge on any atom is -0.389 e. The lowest BCUT2D eigenvalue weighted by Crippen LogP contribution is -2.46. The average molecular weight is 465 g/mol. The lowest BCUT2D eigenvalue weighted by atomic mass is 9.54. The van der Waals surface area contributed by atoms with Gasteiger partial charge in [0, 0.05) is 36.4 Å². The molecule has 0 aromatic rings. The van der Waals surface area contributed by atoms with Crippen LogP contribution in [0.3, 0.4) is 0 Å². The molecule has 0 aromatic heterocycles. The van der Waals surface area contributed by atoms with Crippen LogP contribution in [0, 0.1) is 33.5 Å². The molecule has 0 saturated heterocycles. The Bertz CT molecular complexity index is 589. The molecule has 0 spiro atoms. The third-order valence-corrected chi connectivity index (χ3v) is 7.68. The minimum atomic E-state index is 0.0301. The first kappa shape index (κ1) is 32.0. The van der Waals surface area contributed by atoms with Crippen LogP contribution in [0.15, 0.2) is 24.6 Å². The second-order valence-corrected chi connectivity index (χ2v) is 13.6. The van der Waals surface area contributed by atoms with Gasteiger partial charge < -0.3 is 15.4 Å². The Balaban J connectivity index is 5.82. The molecule has 0 aliphatic rings. The van der Waals surface area contributed by atoms with Crippen LogP contribution >= 0.6 is 0 Å². The Kier molecular flexibility index (Phi) is 12.8. The molecule has 2 atom stereocenters. The number of nitrogens with one attached hydrogen (secondary N) is 2. The van der Waals surface area contributed by atoms with E-state index < -0.39 is 0 Å². The molecule has 0 amide bonds. The highest BCUT2D eigenvalue weighted by Crippen LogP contribution is 2.55. The summed E-state index contributed by atoms with van der Waals surface area (Å²) in [7, 11) is 0. The Labute approximate surface area is 208 Å². The maximum Gasteiger partial charge on any atom is 0.116 e. The van der Waals surface area contributed by atoms with E-state index in [0.29, 0.717) is 18.6 Å². The quantitative estimate of drug-likeness (QED) is 0.177. The number of allylic oxidation sites excluding steroid dienone is 2. The maximum absolute atomic E-state index is 5.81. The first-order valence-electron chi connectivity index (χ1n) is 13.3. The molecule has 0 radical (unpaired) electrons. The van der Waals surface area contributed by atoms with Crippen molar-refractivity contribution in [3.05, 3.63) is 24.6 Å². The summed E-state index contributed by atoms with van der Waals surface area (Å²) in [5.74, 6) is 0.729. The first-order chi connectivity index (χ1) is 14.9. The van der Waals surface area contributed by atoms with Crippen molar-refractivity contribution in [3.63, 3.8) is 0 Å². The topological polar surface area (TPSA) is 33.3 Å². The van der Waals surface area contributed by atoms with E-state index in [4.69, 9.17) is 4.74 Å². The summed E-state index contributed by atoms with van der Waals surface area (Å²) in [6, 6.07) is 0. The monoisotopic (exact) mass is 464 g/mol. The molecule has 0 saturated carbocycles. The molecule has 0 aromatic carbocycles. The van der Waals surface area contributed by atoms with Crippen LogP contribution in [0.1, 0.15) is 115 Å². The molecule has 0 heterocycles. The Morgan fingerprint density at radius 3 is 1.76 bits per heavy atom. The number of hydrogen-bond donors (Lipinski definition) is 2. The lowest BCUT2D eigenvalue weighted by Gasteiger charge is -2.52. The second kappa shape index (κ2) is 13.2. The van der Waals surface area contributed by atoms with Crippen molar-refractivity contribution in [3.8, 4) is 0 Å². The molecular formula is C30H60N2O. The van der Waals surface area contributed by atoms with Gasteiger partial charge in [-0.15, -0.1) is 0 Å². The fourth-order valence-electron chi connectivity index (χ4n) is 4.62. The van der Waals surface area contributed by atoms with Gasteiger partial charge in [-0.3, -0.25) is 0 Å². The number of unbranched alkanes of at least 4 members (excludes halogenated alkanes) is 1. The normalized spacial score (nSPS) is 15.2. The van der Waals surface area contributed by atoms with Gasteiger partial charge in [0.2, 0.25) is 0 Å². The smallest absolute Gasteiger partial charge is 0.116 e. The van der Waals surface area contributed by atoms with Crippen LogP contribution in [0.25, 0.3) is 0 Å². The van der Waals surface area contributed by atoms with Crippen molar-refractivity contribution < 1.29 is 4.74 Å². The van der Waals surface area contributed by atoms with Crippen molar-refractivity contribution in [2.75, 3.05) is 19.9 Å². The standard InChI is InChI=1S/C30H60N2O/c1-15-17-19-33-22-32-24(4)26(20-27(5,6)7)30(13,14)29(11,12)21-25(28(8,9)10)23(3)31-18-16-2/h25-26,31-32H,3-4,15-22H2,1-2,5-14H3. The van der Waals surface area contributed by atoms with E-state index in [0.717, 1.165) is 51.0 Å². The van der Waals surface area contributed by atoms with Crippen LogP contribution in [0.2, 0.25) is 0 Å². The number of hydrogen-bond acceptors (Lipinski definition) is 3. The molecule has 33 heavy (non-hydrogen) atoms. The SMILES string of the molecule is C=C(NCCC)C(CC(C)(C)C(C)(C)C(CC(C)(C)C)C(=C)NCOCCCC)C(C)(C)C. The van der Waals surface area contributed by atoms with Crippen LogP contribution in [-0.4, -0.2) is 19.9 Å².